The number of benzene rings is 1. The standard InChI is InChI=1S/C15H21NO/c1-15(2,3)14(17)16-13(12-9-10-12)11-7-5-4-6-8-11/h4-8,12-13H,9-10H2,1-3H3,(H,16,17). The summed E-state index contributed by atoms with van der Waals surface area (Å²) in [5, 5.41) is 3.20. The zero-order chi connectivity index (χ0) is 12.5. The van der Waals surface area contributed by atoms with Crippen LogP contribution in [0, 0.1) is 11.3 Å². The predicted octanol–water partition coefficient (Wildman–Crippen LogP) is 3.30. The molecule has 1 aliphatic carbocycles. The van der Waals surface area contributed by atoms with Gasteiger partial charge in [-0.05, 0) is 24.3 Å². The molecule has 2 heteroatoms. The largest absolute Gasteiger partial charge is 0.349 e. The molecule has 0 aromatic heterocycles. The fourth-order valence-corrected chi connectivity index (χ4v) is 1.92. The SMILES string of the molecule is CC(C)(C)C(=O)NC(c1ccccc1)C1CC1. The van der Waals surface area contributed by atoms with Crippen molar-refractivity contribution >= 4 is 5.91 Å². The van der Waals surface area contributed by atoms with E-state index in [0.29, 0.717) is 5.92 Å². The summed E-state index contributed by atoms with van der Waals surface area (Å²) in [4.78, 5) is 12.1. The number of nitrogens with one attached hydrogen (secondary N) is 1. The molecular formula is C15H21NO. The van der Waals surface area contributed by atoms with E-state index in [2.05, 4.69) is 17.4 Å². The van der Waals surface area contributed by atoms with Gasteiger partial charge in [0.05, 0.1) is 6.04 Å². The van der Waals surface area contributed by atoms with Crippen molar-refractivity contribution in [3.05, 3.63) is 35.9 Å². The van der Waals surface area contributed by atoms with E-state index >= 15 is 0 Å². The second-order valence-electron chi connectivity index (χ2n) is 5.95. The van der Waals surface area contributed by atoms with Crippen LogP contribution in [0.1, 0.15) is 45.2 Å². The minimum absolute atomic E-state index is 0.137. The van der Waals surface area contributed by atoms with E-state index in [1.54, 1.807) is 0 Å². The number of carbonyl (C=O) groups excluding carboxylic acids is 1. The first-order valence-corrected chi connectivity index (χ1v) is 6.34. The van der Waals surface area contributed by atoms with Crippen molar-refractivity contribution < 1.29 is 4.79 Å². The van der Waals surface area contributed by atoms with Crippen molar-refractivity contribution in [3.63, 3.8) is 0 Å². The normalized spacial score (nSPS) is 17.6. The summed E-state index contributed by atoms with van der Waals surface area (Å²) in [6.07, 6.45) is 2.45. The summed E-state index contributed by atoms with van der Waals surface area (Å²) in [5.41, 5.74) is 0.912. The summed E-state index contributed by atoms with van der Waals surface area (Å²) in [6, 6.07) is 10.5. The number of hydrogen-bond acceptors (Lipinski definition) is 1. The fourth-order valence-electron chi connectivity index (χ4n) is 1.92. The van der Waals surface area contributed by atoms with Gasteiger partial charge in [-0.2, -0.15) is 0 Å². The summed E-state index contributed by atoms with van der Waals surface area (Å²) in [5.74, 6) is 0.766. The monoisotopic (exact) mass is 231 g/mol. The van der Waals surface area contributed by atoms with Crippen LogP contribution in [0.25, 0.3) is 0 Å². The van der Waals surface area contributed by atoms with E-state index in [9.17, 15) is 4.79 Å². The molecule has 0 aliphatic heterocycles. The highest BCUT2D eigenvalue weighted by Crippen LogP contribution is 2.41. The van der Waals surface area contributed by atoms with Gasteiger partial charge in [0.2, 0.25) is 5.91 Å². The molecule has 92 valence electrons. The van der Waals surface area contributed by atoms with Gasteiger partial charge < -0.3 is 5.32 Å². The number of hydrogen-bond donors (Lipinski definition) is 1. The zero-order valence-electron chi connectivity index (χ0n) is 10.9. The van der Waals surface area contributed by atoms with E-state index in [-0.39, 0.29) is 17.4 Å². The second kappa shape index (κ2) is 4.52. The van der Waals surface area contributed by atoms with Crippen molar-refractivity contribution in [2.75, 3.05) is 0 Å². The second-order valence-corrected chi connectivity index (χ2v) is 5.95. The van der Waals surface area contributed by atoms with E-state index in [1.807, 2.05) is 39.0 Å². The number of carbonyl (C=O) groups is 1. The molecule has 1 aromatic carbocycles. The van der Waals surface area contributed by atoms with Crippen molar-refractivity contribution in [3.8, 4) is 0 Å². The average Bonchev–Trinajstić information content (AvgIpc) is 3.09. The first-order chi connectivity index (χ1) is 7.98. The van der Waals surface area contributed by atoms with Crippen LogP contribution >= 0.6 is 0 Å². The molecule has 0 heterocycles. The Bertz CT molecular complexity index is 387. The quantitative estimate of drug-likeness (QED) is 0.849. The van der Waals surface area contributed by atoms with E-state index in [4.69, 9.17) is 0 Å². The Morgan fingerprint density at radius 1 is 1.24 bits per heavy atom. The van der Waals surface area contributed by atoms with Gasteiger partial charge in [0.15, 0.2) is 0 Å². The van der Waals surface area contributed by atoms with E-state index in [0.717, 1.165) is 0 Å². The smallest absolute Gasteiger partial charge is 0.225 e. The zero-order valence-corrected chi connectivity index (χ0v) is 10.9. The minimum Gasteiger partial charge on any atom is -0.349 e. The highest BCUT2D eigenvalue weighted by molar-refractivity contribution is 5.81. The Kier molecular flexibility index (Phi) is 3.23. The maximum Gasteiger partial charge on any atom is 0.225 e. The molecule has 1 N–H and O–H groups in total. The molecule has 2 nitrogen and oxygen atoms in total. The Morgan fingerprint density at radius 3 is 2.29 bits per heavy atom. The molecule has 0 radical (unpaired) electrons. The van der Waals surface area contributed by atoms with Gasteiger partial charge in [-0.3, -0.25) is 4.79 Å². The van der Waals surface area contributed by atoms with Gasteiger partial charge in [0.1, 0.15) is 0 Å². The molecule has 17 heavy (non-hydrogen) atoms. The molecule has 1 fully saturated rings. The van der Waals surface area contributed by atoms with E-state index in [1.165, 1.54) is 18.4 Å². The number of amides is 1. The third kappa shape index (κ3) is 3.09. The van der Waals surface area contributed by atoms with Gasteiger partial charge >= 0.3 is 0 Å². The van der Waals surface area contributed by atoms with Crippen LogP contribution in [0.15, 0.2) is 30.3 Å². The lowest BCUT2D eigenvalue weighted by molar-refractivity contribution is -0.129. The van der Waals surface area contributed by atoms with Gasteiger partial charge in [-0.1, -0.05) is 51.1 Å². The summed E-state index contributed by atoms with van der Waals surface area (Å²) < 4.78 is 0. The third-order valence-electron chi connectivity index (χ3n) is 3.22. The summed E-state index contributed by atoms with van der Waals surface area (Å²) in [7, 11) is 0. The average molecular weight is 231 g/mol. The molecule has 1 aromatic rings. The highest BCUT2D eigenvalue weighted by atomic mass is 16.2. The van der Waals surface area contributed by atoms with Crippen LogP contribution in [-0.4, -0.2) is 5.91 Å². The molecule has 1 unspecified atom stereocenters. The van der Waals surface area contributed by atoms with Crippen LogP contribution in [-0.2, 0) is 4.79 Å². The molecule has 1 amide bonds. The van der Waals surface area contributed by atoms with Crippen LogP contribution in [0.4, 0.5) is 0 Å². The predicted molar refractivity (Wildman–Crippen MR) is 69.5 cm³/mol. The van der Waals surface area contributed by atoms with Crippen molar-refractivity contribution in [1.29, 1.82) is 0 Å². The van der Waals surface area contributed by atoms with Crippen LogP contribution < -0.4 is 5.32 Å². The maximum atomic E-state index is 12.1. The Labute approximate surface area is 103 Å². The van der Waals surface area contributed by atoms with Gasteiger partial charge in [-0.25, -0.2) is 0 Å². The van der Waals surface area contributed by atoms with Crippen LogP contribution in [0.5, 0.6) is 0 Å². The molecule has 1 aliphatic rings. The maximum absolute atomic E-state index is 12.1. The lowest BCUT2D eigenvalue weighted by Gasteiger charge is -2.24. The first kappa shape index (κ1) is 12.2. The number of rotatable bonds is 3. The lowest BCUT2D eigenvalue weighted by Crippen LogP contribution is -2.38. The molecule has 1 saturated carbocycles. The van der Waals surface area contributed by atoms with Crippen molar-refractivity contribution in [2.45, 2.75) is 39.7 Å². The summed E-state index contributed by atoms with van der Waals surface area (Å²) in [6.45, 7) is 5.87. The van der Waals surface area contributed by atoms with Crippen LogP contribution in [0.3, 0.4) is 0 Å². The lowest BCUT2D eigenvalue weighted by atomic mass is 9.93. The molecule has 0 spiro atoms. The highest BCUT2D eigenvalue weighted by Gasteiger charge is 2.35. The first-order valence-electron chi connectivity index (χ1n) is 6.34. The van der Waals surface area contributed by atoms with Gasteiger partial charge in [0, 0.05) is 5.41 Å². The molecule has 1 atom stereocenters. The van der Waals surface area contributed by atoms with Crippen LogP contribution in [0.2, 0.25) is 0 Å². The third-order valence-corrected chi connectivity index (χ3v) is 3.22. The summed E-state index contributed by atoms with van der Waals surface area (Å²) >= 11 is 0. The molecule has 2 rings (SSSR count). The van der Waals surface area contributed by atoms with E-state index < -0.39 is 0 Å². The topological polar surface area (TPSA) is 29.1 Å². The molecule has 0 saturated heterocycles. The van der Waals surface area contributed by atoms with Crippen molar-refractivity contribution in [2.24, 2.45) is 11.3 Å². The Hall–Kier alpha value is -1.31. The van der Waals surface area contributed by atoms with Gasteiger partial charge in [-0.15, -0.1) is 0 Å². The Balaban J connectivity index is 2.12. The van der Waals surface area contributed by atoms with Crippen molar-refractivity contribution in [1.82, 2.24) is 5.32 Å². The molecule has 0 bridgehead atoms. The minimum atomic E-state index is -0.318. The molecular weight excluding hydrogens is 210 g/mol. The fraction of sp³-hybridized carbons (Fsp3) is 0.533. The van der Waals surface area contributed by atoms with Gasteiger partial charge in [0.25, 0.3) is 0 Å². The Morgan fingerprint density at radius 2 is 1.82 bits per heavy atom.